The summed E-state index contributed by atoms with van der Waals surface area (Å²) in [7, 11) is 0. The van der Waals surface area contributed by atoms with Gasteiger partial charge in [-0.3, -0.25) is 29.3 Å². The smallest absolute Gasteiger partial charge is 0.280 e. The number of pyridine rings is 2. The average Bonchev–Trinajstić information content (AvgIpc) is 2.72. The number of nitro benzene ring substituents is 1. The molecular formula is C20H14N4O5. The first-order chi connectivity index (χ1) is 13.9. The normalized spacial score (nSPS) is 10.3. The number of carbonyl (C=O) groups excluding carboxylic acids is 1. The van der Waals surface area contributed by atoms with Crippen molar-refractivity contribution in [1.29, 1.82) is 5.26 Å². The van der Waals surface area contributed by atoms with Crippen LogP contribution >= 0.6 is 0 Å². The van der Waals surface area contributed by atoms with Crippen LogP contribution in [0.4, 0.5) is 5.69 Å². The molecule has 0 amide bonds. The highest BCUT2D eigenvalue weighted by Gasteiger charge is 2.28. The topological polar surface area (TPSA) is 139 Å². The van der Waals surface area contributed by atoms with Crippen LogP contribution in [-0.4, -0.2) is 25.4 Å². The molecule has 3 aromatic rings. The number of aromatic hydroxyl groups is 1. The Kier molecular flexibility index (Phi) is 5.19. The first-order valence-electron chi connectivity index (χ1n) is 8.40. The van der Waals surface area contributed by atoms with Crippen LogP contribution in [0.2, 0.25) is 0 Å². The van der Waals surface area contributed by atoms with Crippen molar-refractivity contribution in [3.8, 4) is 11.9 Å². The van der Waals surface area contributed by atoms with E-state index >= 15 is 0 Å². The number of carbonyl (C=O) groups is 1. The summed E-state index contributed by atoms with van der Waals surface area (Å²) in [5, 5.41) is 31.4. The highest BCUT2D eigenvalue weighted by molar-refractivity contribution is 6.13. The molecule has 2 aromatic heterocycles. The minimum absolute atomic E-state index is 0.0411. The molecule has 0 saturated heterocycles. The molecule has 0 atom stereocenters. The van der Waals surface area contributed by atoms with E-state index in [2.05, 4.69) is 4.98 Å². The van der Waals surface area contributed by atoms with Crippen LogP contribution in [0.15, 0.2) is 53.6 Å². The molecule has 29 heavy (non-hydrogen) atoms. The second kappa shape index (κ2) is 7.74. The standard InChI is InChI=1S/C20H14N4O5/c1-12-15(9-21)19(26)23(11-13-5-4-8-22-10-13)20(27)17(12)18(25)14-6-2-3-7-16(14)24(28)29/h2-8,10,27H,11H2,1H3. The lowest BCUT2D eigenvalue weighted by atomic mass is 9.96. The van der Waals surface area contributed by atoms with Crippen molar-refractivity contribution in [3.05, 3.63) is 97.1 Å². The maximum atomic E-state index is 13.1. The minimum atomic E-state index is -0.858. The third kappa shape index (κ3) is 3.46. The Labute approximate surface area is 164 Å². The predicted octanol–water partition coefficient (Wildman–Crippen LogP) is 2.32. The first-order valence-corrected chi connectivity index (χ1v) is 8.40. The zero-order valence-electron chi connectivity index (χ0n) is 15.2. The number of nitriles is 1. The van der Waals surface area contributed by atoms with E-state index < -0.39 is 27.8 Å². The number of hydrogen-bond donors (Lipinski definition) is 1. The van der Waals surface area contributed by atoms with Gasteiger partial charge in [-0.1, -0.05) is 18.2 Å². The Morgan fingerprint density at radius 1 is 1.31 bits per heavy atom. The van der Waals surface area contributed by atoms with Gasteiger partial charge in [0.25, 0.3) is 11.2 Å². The number of aromatic nitrogens is 2. The summed E-state index contributed by atoms with van der Waals surface area (Å²) in [5.74, 6) is -1.53. The predicted molar refractivity (Wildman–Crippen MR) is 102 cm³/mol. The fraction of sp³-hybridized carbons (Fsp3) is 0.100. The lowest BCUT2D eigenvalue weighted by Crippen LogP contribution is -2.27. The van der Waals surface area contributed by atoms with E-state index in [-0.39, 0.29) is 28.8 Å². The molecular weight excluding hydrogens is 376 g/mol. The van der Waals surface area contributed by atoms with Crippen LogP contribution in [0.25, 0.3) is 0 Å². The van der Waals surface area contributed by atoms with Gasteiger partial charge in [-0.05, 0) is 30.2 Å². The molecule has 0 aliphatic carbocycles. The summed E-state index contributed by atoms with van der Waals surface area (Å²) in [6.07, 6.45) is 3.01. The zero-order valence-corrected chi connectivity index (χ0v) is 15.2. The molecule has 0 bridgehead atoms. The molecule has 9 nitrogen and oxygen atoms in total. The van der Waals surface area contributed by atoms with Crippen molar-refractivity contribution >= 4 is 11.5 Å². The highest BCUT2D eigenvalue weighted by atomic mass is 16.6. The molecule has 0 aliphatic heterocycles. The van der Waals surface area contributed by atoms with Gasteiger partial charge in [-0.15, -0.1) is 0 Å². The molecule has 0 spiro atoms. The number of para-hydroxylation sites is 1. The van der Waals surface area contributed by atoms with Gasteiger partial charge < -0.3 is 5.11 Å². The number of ketones is 1. The van der Waals surface area contributed by atoms with E-state index in [1.54, 1.807) is 18.2 Å². The molecule has 1 aromatic carbocycles. The van der Waals surface area contributed by atoms with Gasteiger partial charge >= 0.3 is 0 Å². The Morgan fingerprint density at radius 3 is 2.66 bits per heavy atom. The van der Waals surface area contributed by atoms with Gasteiger partial charge in [0.1, 0.15) is 17.2 Å². The van der Waals surface area contributed by atoms with Gasteiger partial charge in [0.15, 0.2) is 0 Å². The molecule has 0 unspecified atom stereocenters. The summed E-state index contributed by atoms with van der Waals surface area (Å²) in [6.45, 7) is 1.21. The van der Waals surface area contributed by atoms with E-state index in [4.69, 9.17) is 0 Å². The number of nitrogens with zero attached hydrogens (tertiary/aromatic N) is 4. The van der Waals surface area contributed by atoms with Crippen molar-refractivity contribution in [2.75, 3.05) is 0 Å². The van der Waals surface area contributed by atoms with E-state index in [0.717, 1.165) is 10.6 Å². The maximum Gasteiger partial charge on any atom is 0.280 e. The molecule has 0 aliphatic rings. The largest absolute Gasteiger partial charge is 0.494 e. The third-order valence-corrected chi connectivity index (χ3v) is 4.44. The van der Waals surface area contributed by atoms with Gasteiger partial charge in [-0.2, -0.15) is 5.26 Å². The maximum absolute atomic E-state index is 13.1. The molecule has 0 fully saturated rings. The van der Waals surface area contributed by atoms with Crippen molar-refractivity contribution in [2.45, 2.75) is 13.5 Å². The van der Waals surface area contributed by atoms with Crippen LogP contribution < -0.4 is 5.56 Å². The Balaban J connectivity index is 2.26. The first kappa shape index (κ1) is 19.4. The Hall–Kier alpha value is -4.32. The fourth-order valence-corrected chi connectivity index (χ4v) is 3.00. The fourth-order valence-electron chi connectivity index (χ4n) is 3.00. The quantitative estimate of drug-likeness (QED) is 0.400. The van der Waals surface area contributed by atoms with E-state index in [1.807, 2.05) is 0 Å². The summed E-state index contributed by atoms with van der Waals surface area (Å²) < 4.78 is 0.880. The number of rotatable bonds is 5. The summed E-state index contributed by atoms with van der Waals surface area (Å²) in [4.78, 5) is 40.3. The Bertz CT molecular complexity index is 1230. The van der Waals surface area contributed by atoms with Crippen LogP contribution in [0.3, 0.4) is 0 Å². The molecule has 9 heteroatoms. The van der Waals surface area contributed by atoms with Gasteiger partial charge in [0.2, 0.25) is 11.7 Å². The molecule has 3 rings (SSSR count). The van der Waals surface area contributed by atoms with Crippen LogP contribution in [0.1, 0.15) is 32.6 Å². The van der Waals surface area contributed by atoms with E-state index in [0.29, 0.717) is 5.56 Å². The lowest BCUT2D eigenvalue weighted by Gasteiger charge is -2.15. The molecule has 0 saturated carbocycles. The highest BCUT2D eigenvalue weighted by Crippen LogP contribution is 2.29. The van der Waals surface area contributed by atoms with Gasteiger partial charge in [0.05, 0.1) is 17.0 Å². The van der Waals surface area contributed by atoms with Crippen molar-refractivity contribution in [1.82, 2.24) is 9.55 Å². The summed E-state index contributed by atoms with van der Waals surface area (Å²) >= 11 is 0. The molecule has 1 N–H and O–H groups in total. The second-order valence-electron chi connectivity index (χ2n) is 6.17. The molecule has 0 radical (unpaired) electrons. The molecule has 2 heterocycles. The monoisotopic (exact) mass is 390 g/mol. The van der Waals surface area contributed by atoms with Gasteiger partial charge in [-0.25, -0.2) is 0 Å². The Morgan fingerprint density at radius 2 is 2.03 bits per heavy atom. The number of nitro groups is 1. The number of benzene rings is 1. The summed E-state index contributed by atoms with van der Waals surface area (Å²) in [6, 6.07) is 10.3. The minimum Gasteiger partial charge on any atom is -0.494 e. The zero-order chi connectivity index (χ0) is 21.1. The summed E-state index contributed by atoms with van der Waals surface area (Å²) in [5.41, 5.74) is -1.62. The second-order valence-corrected chi connectivity index (χ2v) is 6.17. The van der Waals surface area contributed by atoms with Crippen LogP contribution in [0, 0.1) is 28.4 Å². The lowest BCUT2D eigenvalue weighted by molar-refractivity contribution is -0.385. The van der Waals surface area contributed by atoms with E-state index in [1.165, 1.54) is 37.5 Å². The molecule has 144 valence electrons. The van der Waals surface area contributed by atoms with Crippen LogP contribution in [0.5, 0.6) is 5.88 Å². The average molecular weight is 390 g/mol. The SMILES string of the molecule is Cc1c(C(=O)c2ccccc2[N+](=O)[O-])c(O)n(Cc2cccnc2)c(=O)c1C#N. The van der Waals surface area contributed by atoms with Gasteiger partial charge in [0, 0.05) is 18.5 Å². The van der Waals surface area contributed by atoms with E-state index in [9.17, 15) is 30.1 Å². The third-order valence-electron chi connectivity index (χ3n) is 4.44. The van der Waals surface area contributed by atoms with Crippen LogP contribution in [-0.2, 0) is 6.54 Å². The van der Waals surface area contributed by atoms with Crippen molar-refractivity contribution < 1.29 is 14.8 Å². The number of hydrogen-bond acceptors (Lipinski definition) is 7. The van der Waals surface area contributed by atoms with Crippen molar-refractivity contribution in [2.24, 2.45) is 0 Å². The van der Waals surface area contributed by atoms with Crippen molar-refractivity contribution in [3.63, 3.8) is 0 Å².